The van der Waals surface area contributed by atoms with Crippen molar-refractivity contribution >= 4 is 52.1 Å². The second-order valence-electron chi connectivity index (χ2n) is 8.84. The zero-order chi connectivity index (χ0) is 23.8. The fourth-order valence-electron chi connectivity index (χ4n) is 4.73. The highest BCUT2D eigenvalue weighted by molar-refractivity contribution is 7.10. The SMILES string of the molecule is CC1CCCC(C)N1NC(=O)c1nn(-c2ccc(Cl)cc2Cl)c2c1COC/C2=C\c1cccs1. The first-order valence-electron chi connectivity index (χ1n) is 11.4. The topological polar surface area (TPSA) is 59.4 Å². The summed E-state index contributed by atoms with van der Waals surface area (Å²) in [6, 6.07) is 9.88. The molecule has 178 valence electrons. The Balaban J connectivity index is 1.61. The normalized spacial score (nSPS) is 22.1. The summed E-state index contributed by atoms with van der Waals surface area (Å²) in [4.78, 5) is 14.6. The molecule has 5 rings (SSSR count). The number of hydrazine groups is 1. The molecule has 0 spiro atoms. The number of aromatic nitrogens is 2. The standard InChI is InChI=1S/C25H26Cl2N4O2S/c1-15-5-3-6-16(2)30(15)29-25(32)23-20-14-33-13-17(11-19-7-4-10-34-19)24(20)31(28-23)22-9-8-18(26)12-21(22)27/h4,7-12,15-16H,3,5-6,13-14H2,1-2H3,(H,29,32)/b17-11+. The average Bonchev–Trinajstić information content (AvgIpc) is 3.45. The number of thiophene rings is 1. The number of hydrogen-bond acceptors (Lipinski definition) is 5. The molecule has 4 heterocycles. The number of carbonyl (C=O) groups is 1. The van der Waals surface area contributed by atoms with Crippen molar-refractivity contribution in [1.82, 2.24) is 20.2 Å². The smallest absolute Gasteiger partial charge is 0.286 e. The summed E-state index contributed by atoms with van der Waals surface area (Å²) in [5.74, 6) is -0.235. The largest absolute Gasteiger partial charge is 0.372 e. The molecule has 0 bridgehead atoms. The number of ether oxygens (including phenoxy) is 1. The molecule has 2 atom stereocenters. The summed E-state index contributed by atoms with van der Waals surface area (Å²) >= 11 is 14.4. The van der Waals surface area contributed by atoms with Crippen molar-refractivity contribution in [3.05, 3.63) is 67.6 Å². The fourth-order valence-corrected chi connectivity index (χ4v) is 5.90. The van der Waals surface area contributed by atoms with Crippen molar-refractivity contribution in [2.75, 3.05) is 6.61 Å². The van der Waals surface area contributed by atoms with Crippen LogP contribution in [0.1, 0.15) is 59.7 Å². The number of nitrogens with zero attached hydrogens (tertiary/aromatic N) is 3. The second kappa shape index (κ2) is 9.84. The highest BCUT2D eigenvalue weighted by Crippen LogP contribution is 2.35. The predicted molar refractivity (Wildman–Crippen MR) is 138 cm³/mol. The molecule has 2 aliphatic rings. The second-order valence-corrected chi connectivity index (χ2v) is 10.7. The van der Waals surface area contributed by atoms with E-state index in [2.05, 4.69) is 36.4 Å². The molecular formula is C25H26Cl2N4O2S. The number of halogens is 2. The van der Waals surface area contributed by atoms with E-state index in [1.807, 2.05) is 17.5 Å². The van der Waals surface area contributed by atoms with Crippen LogP contribution in [0.15, 0.2) is 35.7 Å². The molecule has 1 aromatic carbocycles. The lowest BCUT2D eigenvalue weighted by atomic mass is 9.99. The molecule has 1 fully saturated rings. The third-order valence-electron chi connectivity index (χ3n) is 6.43. The van der Waals surface area contributed by atoms with E-state index in [1.165, 1.54) is 6.42 Å². The summed E-state index contributed by atoms with van der Waals surface area (Å²) in [6.07, 6.45) is 5.35. The third-order valence-corrected chi connectivity index (χ3v) is 7.79. The maximum Gasteiger partial charge on any atom is 0.286 e. The molecule has 6 nitrogen and oxygen atoms in total. The molecule has 0 radical (unpaired) electrons. The first-order chi connectivity index (χ1) is 16.4. The van der Waals surface area contributed by atoms with Gasteiger partial charge in [0.25, 0.3) is 5.91 Å². The zero-order valence-corrected chi connectivity index (χ0v) is 21.4. The Bertz CT molecular complexity index is 1230. The molecule has 2 unspecified atom stereocenters. The van der Waals surface area contributed by atoms with Crippen LogP contribution < -0.4 is 5.43 Å². The number of nitrogens with one attached hydrogen (secondary N) is 1. The fraction of sp³-hybridized carbons (Fsp3) is 0.360. The lowest BCUT2D eigenvalue weighted by Crippen LogP contribution is -2.54. The van der Waals surface area contributed by atoms with Gasteiger partial charge < -0.3 is 4.74 Å². The van der Waals surface area contributed by atoms with Crippen molar-refractivity contribution in [1.29, 1.82) is 0 Å². The summed E-state index contributed by atoms with van der Waals surface area (Å²) in [7, 11) is 0. The van der Waals surface area contributed by atoms with Crippen LogP contribution >= 0.6 is 34.5 Å². The van der Waals surface area contributed by atoms with Crippen LogP contribution in [-0.4, -0.2) is 39.4 Å². The molecule has 0 aliphatic carbocycles. The molecule has 1 amide bonds. The number of amides is 1. The van der Waals surface area contributed by atoms with Crippen molar-refractivity contribution < 1.29 is 9.53 Å². The molecule has 1 N–H and O–H groups in total. The van der Waals surface area contributed by atoms with Crippen LogP contribution in [0.5, 0.6) is 0 Å². The van der Waals surface area contributed by atoms with E-state index >= 15 is 0 Å². The Morgan fingerprint density at radius 2 is 2.00 bits per heavy atom. The molecule has 0 saturated carbocycles. The van der Waals surface area contributed by atoms with Crippen molar-refractivity contribution in [3.63, 3.8) is 0 Å². The van der Waals surface area contributed by atoms with E-state index in [0.29, 0.717) is 34.6 Å². The first kappa shape index (κ1) is 23.6. The number of piperidine rings is 1. The third kappa shape index (κ3) is 4.55. The van der Waals surface area contributed by atoms with Gasteiger partial charge in [-0.25, -0.2) is 9.69 Å². The first-order valence-corrected chi connectivity index (χ1v) is 13.0. The summed E-state index contributed by atoms with van der Waals surface area (Å²) in [5.41, 5.74) is 6.69. The monoisotopic (exact) mass is 516 g/mol. The van der Waals surface area contributed by atoms with Gasteiger partial charge in [0, 0.05) is 33.1 Å². The Morgan fingerprint density at radius 1 is 1.21 bits per heavy atom. The van der Waals surface area contributed by atoms with Gasteiger partial charge in [0.1, 0.15) is 0 Å². The van der Waals surface area contributed by atoms with E-state index in [9.17, 15) is 4.79 Å². The highest BCUT2D eigenvalue weighted by atomic mass is 35.5. The maximum atomic E-state index is 13.5. The molecule has 1 saturated heterocycles. The van der Waals surface area contributed by atoms with Gasteiger partial charge in [-0.1, -0.05) is 35.7 Å². The highest BCUT2D eigenvalue weighted by Gasteiger charge is 2.32. The van der Waals surface area contributed by atoms with Gasteiger partial charge in [-0.2, -0.15) is 5.10 Å². The van der Waals surface area contributed by atoms with Gasteiger partial charge in [-0.05, 0) is 62.4 Å². The van der Waals surface area contributed by atoms with Crippen LogP contribution in [0.25, 0.3) is 17.3 Å². The van der Waals surface area contributed by atoms with Gasteiger partial charge in [0.05, 0.1) is 29.6 Å². The lowest BCUT2D eigenvalue weighted by Gasteiger charge is -2.38. The van der Waals surface area contributed by atoms with E-state index < -0.39 is 0 Å². The van der Waals surface area contributed by atoms with Crippen LogP contribution in [0.2, 0.25) is 10.0 Å². The quantitative estimate of drug-likeness (QED) is 0.447. The van der Waals surface area contributed by atoms with Crippen molar-refractivity contribution in [3.8, 4) is 5.69 Å². The molecule has 34 heavy (non-hydrogen) atoms. The van der Waals surface area contributed by atoms with Crippen LogP contribution in [0.4, 0.5) is 0 Å². The van der Waals surface area contributed by atoms with E-state index in [0.717, 1.165) is 34.5 Å². The number of rotatable bonds is 4. The number of fused-ring (bicyclic) bond motifs is 1. The minimum atomic E-state index is -0.235. The minimum Gasteiger partial charge on any atom is -0.372 e. The molecule has 9 heteroatoms. The maximum absolute atomic E-state index is 13.5. The van der Waals surface area contributed by atoms with Gasteiger partial charge in [-0.15, -0.1) is 11.3 Å². The lowest BCUT2D eigenvalue weighted by molar-refractivity contribution is 0.0363. The van der Waals surface area contributed by atoms with Gasteiger partial charge in [0.2, 0.25) is 0 Å². The summed E-state index contributed by atoms with van der Waals surface area (Å²) in [5, 5.41) is 9.87. The summed E-state index contributed by atoms with van der Waals surface area (Å²) < 4.78 is 7.67. The minimum absolute atomic E-state index is 0.235. The molecule has 2 aromatic heterocycles. The van der Waals surface area contributed by atoms with Gasteiger partial charge >= 0.3 is 0 Å². The Hall–Kier alpha value is -2.16. The predicted octanol–water partition coefficient (Wildman–Crippen LogP) is 6.22. The molecule has 3 aromatic rings. The van der Waals surface area contributed by atoms with Gasteiger partial charge in [0.15, 0.2) is 5.69 Å². The van der Waals surface area contributed by atoms with Crippen molar-refractivity contribution in [2.45, 2.75) is 51.8 Å². The average molecular weight is 517 g/mol. The van der Waals surface area contributed by atoms with Crippen LogP contribution in [0.3, 0.4) is 0 Å². The molecule has 2 aliphatic heterocycles. The Morgan fingerprint density at radius 3 is 2.71 bits per heavy atom. The number of carbonyl (C=O) groups excluding carboxylic acids is 1. The van der Waals surface area contributed by atoms with Gasteiger partial charge in [-0.3, -0.25) is 10.2 Å². The zero-order valence-electron chi connectivity index (χ0n) is 19.1. The Labute approximate surface area is 213 Å². The van der Waals surface area contributed by atoms with Crippen molar-refractivity contribution in [2.24, 2.45) is 0 Å². The number of hydrogen-bond donors (Lipinski definition) is 1. The van der Waals surface area contributed by atoms with E-state index in [-0.39, 0.29) is 18.0 Å². The van der Waals surface area contributed by atoms with Crippen LogP contribution in [0, 0.1) is 0 Å². The number of benzene rings is 1. The van der Waals surface area contributed by atoms with E-state index in [4.69, 9.17) is 33.0 Å². The van der Waals surface area contributed by atoms with Crippen LogP contribution in [-0.2, 0) is 11.3 Å². The van der Waals surface area contributed by atoms with E-state index in [1.54, 1.807) is 28.2 Å². The summed E-state index contributed by atoms with van der Waals surface area (Å²) in [6.45, 7) is 5.00. The Kier molecular flexibility index (Phi) is 6.82. The molecular weight excluding hydrogens is 491 g/mol.